The molecular formula is C25H25N3O4. The standard InChI is InChI=1S/C25H25N3O4/c1-17-7-5-8-18(13-17)15-27-24(30)25(31)28-22-12-4-3-11-21(22)23(29)26-16-19-9-6-10-20(14-19)32-2/h3-14H,15-16H2,1-2H3,(H,26,29)(H,27,30)(H,28,31). The number of methoxy groups -OCH3 is 1. The average Bonchev–Trinajstić information content (AvgIpc) is 2.81. The molecule has 3 N–H and O–H groups in total. The van der Waals surface area contributed by atoms with Crippen LogP contribution in [0.1, 0.15) is 27.0 Å². The first kappa shape index (κ1) is 22.6. The summed E-state index contributed by atoms with van der Waals surface area (Å²) < 4.78 is 5.19. The lowest BCUT2D eigenvalue weighted by molar-refractivity contribution is -0.136. The quantitative estimate of drug-likeness (QED) is 0.501. The summed E-state index contributed by atoms with van der Waals surface area (Å²) >= 11 is 0. The van der Waals surface area contributed by atoms with Crippen molar-refractivity contribution in [1.29, 1.82) is 0 Å². The van der Waals surface area contributed by atoms with Gasteiger partial charge >= 0.3 is 11.8 Å². The fourth-order valence-electron chi connectivity index (χ4n) is 3.11. The van der Waals surface area contributed by atoms with Crippen LogP contribution in [0.4, 0.5) is 5.69 Å². The van der Waals surface area contributed by atoms with Gasteiger partial charge in [-0.3, -0.25) is 14.4 Å². The Morgan fingerprint density at radius 3 is 2.22 bits per heavy atom. The van der Waals surface area contributed by atoms with Gasteiger partial charge in [-0.2, -0.15) is 0 Å². The molecule has 0 bridgehead atoms. The van der Waals surface area contributed by atoms with Crippen LogP contribution in [-0.4, -0.2) is 24.8 Å². The topological polar surface area (TPSA) is 96.5 Å². The number of carbonyl (C=O) groups is 3. The van der Waals surface area contributed by atoms with Crippen LogP contribution in [0.3, 0.4) is 0 Å². The van der Waals surface area contributed by atoms with Gasteiger partial charge in [-0.1, -0.05) is 54.1 Å². The third-order valence-corrected chi connectivity index (χ3v) is 4.75. The first-order valence-corrected chi connectivity index (χ1v) is 10.1. The average molecular weight is 431 g/mol. The van der Waals surface area contributed by atoms with Crippen LogP contribution in [0, 0.1) is 6.92 Å². The maximum atomic E-state index is 12.7. The summed E-state index contributed by atoms with van der Waals surface area (Å²) in [6, 6.07) is 21.5. The Hall–Kier alpha value is -4.13. The minimum absolute atomic E-state index is 0.233. The number of ether oxygens (including phenoxy) is 1. The summed E-state index contributed by atoms with van der Waals surface area (Å²) in [6.07, 6.45) is 0. The molecule has 0 aliphatic carbocycles. The predicted octanol–water partition coefficient (Wildman–Crippen LogP) is 3.19. The molecule has 164 valence electrons. The van der Waals surface area contributed by atoms with Crippen molar-refractivity contribution < 1.29 is 19.1 Å². The Kier molecular flexibility index (Phi) is 7.59. The van der Waals surface area contributed by atoms with Gasteiger partial charge in [0.05, 0.1) is 18.4 Å². The Morgan fingerprint density at radius 2 is 1.47 bits per heavy atom. The zero-order valence-electron chi connectivity index (χ0n) is 18.0. The zero-order valence-corrected chi connectivity index (χ0v) is 18.0. The highest BCUT2D eigenvalue weighted by Crippen LogP contribution is 2.16. The molecular weight excluding hydrogens is 406 g/mol. The smallest absolute Gasteiger partial charge is 0.313 e. The monoisotopic (exact) mass is 431 g/mol. The number of para-hydroxylation sites is 1. The van der Waals surface area contributed by atoms with Gasteiger partial charge in [-0.25, -0.2) is 0 Å². The van der Waals surface area contributed by atoms with E-state index in [1.807, 2.05) is 55.5 Å². The van der Waals surface area contributed by atoms with E-state index in [9.17, 15) is 14.4 Å². The van der Waals surface area contributed by atoms with Gasteiger partial charge in [-0.05, 0) is 42.3 Å². The van der Waals surface area contributed by atoms with E-state index in [1.165, 1.54) is 0 Å². The van der Waals surface area contributed by atoms with Crippen LogP contribution >= 0.6 is 0 Å². The van der Waals surface area contributed by atoms with E-state index in [0.717, 1.165) is 16.7 Å². The van der Waals surface area contributed by atoms with Crippen molar-refractivity contribution >= 4 is 23.4 Å². The number of amides is 3. The number of carbonyl (C=O) groups excluding carboxylic acids is 3. The van der Waals surface area contributed by atoms with Crippen LogP contribution in [-0.2, 0) is 22.7 Å². The van der Waals surface area contributed by atoms with Crippen molar-refractivity contribution in [2.24, 2.45) is 0 Å². The molecule has 0 radical (unpaired) electrons. The molecule has 0 fully saturated rings. The van der Waals surface area contributed by atoms with Gasteiger partial charge in [-0.15, -0.1) is 0 Å². The molecule has 3 aromatic carbocycles. The molecule has 3 amide bonds. The minimum atomic E-state index is -0.842. The first-order valence-electron chi connectivity index (χ1n) is 10.1. The molecule has 0 unspecified atom stereocenters. The number of nitrogens with one attached hydrogen (secondary N) is 3. The summed E-state index contributed by atoms with van der Waals surface area (Å²) in [5.74, 6) is -1.30. The third-order valence-electron chi connectivity index (χ3n) is 4.75. The fraction of sp³-hybridized carbons (Fsp3) is 0.160. The lowest BCUT2D eigenvalue weighted by Crippen LogP contribution is -2.35. The van der Waals surface area contributed by atoms with Crippen molar-refractivity contribution in [2.75, 3.05) is 12.4 Å². The van der Waals surface area contributed by atoms with Gasteiger partial charge < -0.3 is 20.7 Å². The van der Waals surface area contributed by atoms with Crippen molar-refractivity contribution in [3.05, 3.63) is 95.1 Å². The predicted molar refractivity (Wildman–Crippen MR) is 122 cm³/mol. The van der Waals surface area contributed by atoms with E-state index in [2.05, 4.69) is 16.0 Å². The van der Waals surface area contributed by atoms with Crippen LogP contribution in [0.2, 0.25) is 0 Å². The van der Waals surface area contributed by atoms with Crippen molar-refractivity contribution in [1.82, 2.24) is 10.6 Å². The van der Waals surface area contributed by atoms with Gasteiger partial charge in [0.1, 0.15) is 5.75 Å². The zero-order chi connectivity index (χ0) is 22.9. The number of benzene rings is 3. The number of hydrogen-bond acceptors (Lipinski definition) is 4. The Bertz CT molecular complexity index is 1130. The summed E-state index contributed by atoms with van der Waals surface area (Å²) in [5.41, 5.74) is 3.34. The van der Waals surface area contributed by atoms with E-state index in [1.54, 1.807) is 31.4 Å². The summed E-state index contributed by atoms with van der Waals surface area (Å²) in [4.78, 5) is 37.3. The van der Waals surface area contributed by atoms with E-state index < -0.39 is 11.8 Å². The summed E-state index contributed by atoms with van der Waals surface area (Å²) in [5, 5.41) is 7.93. The molecule has 0 heterocycles. The fourth-order valence-corrected chi connectivity index (χ4v) is 3.11. The number of rotatable bonds is 7. The van der Waals surface area contributed by atoms with Gasteiger partial charge in [0.25, 0.3) is 5.91 Å². The summed E-state index contributed by atoms with van der Waals surface area (Å²) in [6.45, 7) is 2.47. The maximum absolute atomic E-state index is 12.7. The lowest BCUT2D eigenvalue weighted by Gasteiger charge is -2.12. The molecule has 0 saturated carbocycles. The van der Waals surface area contributed by atoms with Crippen molar-refractivity contribution in [3.63, 3.8) is 0 Å². The highest BCUT2D eigenvalue weighted by Gasteiger charge is 2.17. The second-order valence-corrected chi connectivity index (χ2v) is 7.21. The Morgan fingerprint density at radius 1 is 0.781 bits per heavy atom. The highest BCUT2D eigenvalue weighted by atomic mass is 16.5. The molecule has 0 saturated heterocycles. The molecule has 7 heteroatoms. The third kappa shape index (κ3) is 6.18. The van der Waals surface area contributed by atoms with Gasteiger partial charge in [0.2, 0.25) is 0 Å². The molecule has 0 aliphatic heterocycles. The molecule has 7 nitrogen and oxygen atoms in total. The van der Waals surface area contributed by atoms with E-state index >= 15 is 0 Å². The van der Waals surface area contributed by atoms with Crippen LogP contribution in [0.5, 0.6) is 5.75 Å². The van der Waals surface area contributed by atoms with Crippen LogP contribution in [0.25, 0.3) is 0 Å². The van der Waals surface area contributed by atoms with Crippen molar-refractivity contribution in [2.45, 2.75) is 20.0 Å². The van der Waals surface area contributed by atoms with E-state index in [4.69, 9.17) is 4.74 Å². The molecule has 0 atom stereocenters. The van der Waals surface area contributed by atoms with E-state index in [0.29, 0.717) is 5.75 Å². The first-order chi connectivity index (χ1) is 15.5. The van der Waals surface area contributed by atoms with E-state index in [-0.39, 0.29) is 30.2 Å². The highest BCUT2D eigenvalue weighted by molar-refractivity contribution is 6.40. The van der Waals surface area contributed by atoms with Crippen LogP contribution < -0.4 is 20.7 Å². The number of hydrogen-bond donors (Lipinski definition) is 3. The second-order valence-electron chi connectivity index (χ2n) is 7.21. The Balaban J connectivity index is 1.60. The Labute approximate surface area is 186 Å². The number of aryl methyl sites for hydroxylation is 1. The molecule has 3 aromatic rings. The van der Waals surface area contributed by atoms with Gasteiger partial charge in [0, 0.05) is 13.1 Å². The summed E-state index contributed by atoms with van der Waals surface area (Å²) in [7, 11) is 1.58. The normalized spacial score (nSPS) is 10.2. The number of anilines is 1. The molecule has 3 rings (SSSR count). The van der Waals surface area contributed by atoms with Crippen molar-refractivity contribution in [3.8, 4) is 5.75 Å². The molecule has 0 spiro atoms. The second kappa shape index (κ2) is 10.8. The molecule has 0 aliphatic rings. The molecule has 32 heavy (non-hydrogen) atoms. The lowest BCUT2D eigenvalue weighted by atomic mass is 10.1. The minimum Gasteiger partial charge on any atom is -0.497 e. The van der Waals surface area contributed by atoms with Gasteiger partial charge in [0.15, 0.2) is 0 Å². The largest absolute Gasteiger partial charge is 0.497 e. The molecule has 0 aromatic heterocycles. The maximum Gasteiger partial charge on any atom is 0.313 e. The SMILES string of the molecule is COc1cccc(CNC(=O)c2ccccc2NC(=O)C(=O)NCc2cccc(C)c2)c1. The van der Waals surface area contributed by atoms with Crippen LogP contribution in [0.15, 0.2) is 72.8 Å².